The van der Waals surface area contributed by atoms with Gasteiger partial charge in [0.25, 0.3) is 5.69 Å². The summed E-state index contributed by atoms with van der Waals surface area (Å²) in [7, 11) is 0. The number of para-hydroxylation sites is 2. The van der Waals surface area contributed by atoms with Crippen molar-refractivity contribution in [3.8, 4) is 0 Å². The Morgan fingerprint density at radius 1 is 1.15 bits per heavy atom. The SMILES string of the molecule is O=C(Cc1ccc(F)cc1)Nc1ccccc1[N+](=O)[O-]. The van der Waals surface area contributed by atoms with Crippen LogP contribution in [0, 0.1) is 15.9 Å². The quantitative estimate of drug-likeness (QED) is 0.688. The first kappa shape index (κ1) is 13.7. The standard InChI is InChI=1S/C14H11FN2O3/c15-11-7-5-10(6-8-11)9-14(18)16-12-3-1-2-4-13(12)17(19)20/h1-8H,9H2,(H,16,18). The zero-order chi connectivity index (χ0) is 14.5. The Bertz CT molecular complexity index is 641. The Balaban J connectivity index is 2.08. The molecule has 0 aliphatic rings. The Labute approximate surface area is 114 Å². The van der Waals surface area contributed by atoms with Crippen LogP contribution in [0.1, 0.15) is 5.56 Å². The highest BCUT2D eigenvalue weighted by molar-refractivity contribution is 5.94. The van der Waals surface area contributed by atoms with Crippen LogP contribution >= 0.6 is 0 Å². The van der Waals surface area contributed by atoms with Gasteiger partial charge in [0.05, 0.1) is 11.3 Å². The Hall–Kier alpha value is -2.76. The number of anilines is 1. The van der Waals surface area contributed by atoms with Crippen molar-refractivity contribution in [2.45, 2.75) is 6.42 Å². The van der Waals surface area contributed by atoms with Crippen LogP contribution in [0.5, 0.6) is 0 Å². The first-order chi connectivity index (χ1) is 9.56. The van der Waals surface area contributed by atoms with Gasteiger partial charge in [0.15, 0.2) is 0 Å². The molecule has 2 aromatic rings. The van der Waals surface area contributed by atoms with Crippen LogP contribution in [0.2, 0.25) is 0 Å². The Morgan fingerprint density at radius 3 is 2.45 bits per heavy atom. The summed E-state index contributed by atoms with van der Waals surface area (Å²) in [6, 6.07) is 11.4. The molecule has 0 radical (unpaired) electrons. The van der Waals surface area contributed by atoms with Gasteiger partial charge in [-0.2, -0.15) is 0 Å². The summed E-state index contributed by atoms with van der Waals surface area (Å²) < 4.78 is 12.7. The van der Waals surface area contributed by atoms with Crippen LogP contribution in [0.15, 0.2) is 48.5 Å². The van der Waals surface area contributed by atoms with Gasteiger partial charge in [-0.1, -0.05) is 24.3 Å². The third-order valence-electron chi connectivity index (χ3n) is 2.65. The van der Waals surface area contributed by atoms with Gasteiger partial charge in [-0.3, -0.25) is 14.9 Å². The molecule has 0 unspecified atom stereocenters. The van der Waals surface area contributed by atoms with Gasteiger partial charge in [0.1, 0.15) is 11.5 Å². The zero-order valence-electron chi connectivity index (χ0n) is 10.4. The molecule has 6 heteroatoms. The topological polar surface area (TPSA) is 72.2 Å². The van der Waals surface area contributed by atoms with E-state index in [0.717, 1.165) is 0 Å². The molecule has 0 atom stereocenters. The van der Waals surface area contributed by atoms with Crippen LogP contribution in [0.25, 0.3) is 0 Å². The lowest BCUT2D eigenvalue weighted by molar-refractivity contribution is -0.383. The highest BCUT2D eigenvalue weighted by Crippen LogP contribution is 2.23. The molecule has 20 heavy (non-hydrogen) atoms. The molecule has 0 heterocycles. The highest BCUT2D eigenvalue weighted by Gasteiger charge is 2.14. The van der Waals surface area contributed by atoms with Crippen LogP contribution < -0.4 is 5.32 Å². The molecule has 0 aromatic heterocycles. The summed E-state index contributed by atoms with van der Waals surface area (Å²) in [6.07, 6.45) is 0.0202. The van der Waals surface area contributed by atoms with Crippen LogP contribution in [-0.4, -0.2) is 10.8 Å². The molecule has 0 saturated heterocycles. The van der Waals surface area contributed by atoms with Crippen molar-refractivity contribution in [3.63, 3.8) is 0 Å². The number of nitrogens with one attached hydrogen (secondary N) is 1. The number of nitro benzene ring substituents is 1. The van der Waals surface area contributed by atoms with E-state index in [1.807, 2.05) is 0 Å². The fourth-order valence-electron chi connectivity index (χ4n) is 1.72. The van der Waals surface area contributed by atoms with E-state index in [0.29, 0.717) is 5.56 Å². The second-order valence-electron chi connectivity index (χ2n) is 4.13. The van der Waals surface area contributed by atoms with Crippen molar-refractivity contribution >= 4 is 17.3 Å². The maximum atomic E-state index is 12.7. The van der Waals surface area contributed by atoms with Crippen molar-refractivity contribution in [2.75, 3.05) is 5.32 Å². The van der Waals surface area contributed by atoms with Crippen molar-refractivity contribution in [2.24, 2.45) is 0 Å². The molecular weight excluding hydrogens is 263 g/mol. The summed E-state index contributed by atoms with van der Waals surface area (Å²) in [5.41, 5.74) is 0.604. The minimum atomic E-state index is -0.562. The van der Waals surface area contributed by atoms with E-state index in [1.165, 1.54) is 42.5 Å². The molecular formula is C14H11FN2O3. The largest absolute Gasteiger partial charge is 0.320 e. The minimum absolute atomic E-state index is 0.0202. The molecule has 5 nitrogen and oxygen atoms in total. The summed E-state index contributed by atoms with van der Waals surface area (Å²) >= 11 is 0. The lowest BCUT2D eigenvalue weighted by Crippen LogP contribution is -2.15. The van der Waals surface area contributed by atoms with Gasteiger partial charge in [-0.05, 0) is 23.8 Å². The van der Waals surface area contributed by atoms with Gasteiger partial charge in [-0.25, -0.2) is 4.39 Å². The lowest BCUT2D eigenvalue weighted by atomic mass is 10.1. The first-order valence-corrected chi connectivity index (χ1v) is 5.84. The fourth-order valence-corrected chi connectivity index (χ4v) is 1.72. The number of hydrogen-bond donors (Lipinski definition) is 1. The van der Waals surface area contributed by atoms with E-state index in [4.69, 9.17) is 0 Å². The molecule has 102 valence electrons. The number of hydrogen-bond acceptors (Lipinski definition) is 3. The molecule has 0 spiro atoms. The average molecular weight is 274 g/mol. The molecule has 0 aliphatic carbocycles. The van der Waals surface area contributed by atoms with E-state index >= 15 is 0 Å². The molecule has 0 aliphatic heterocycles. The van der Waals surface area contributed by atoms with Crippen LogP contribution in [-0.2, 0) is 11.2 Å². The summed E-state index contributed by atoms with van der Waals surface area (Å²) in [5.74, 6) is -0.779. The predicted octanol–water partition coefficient (Wildman–Crippen LogP) is 2.92. The third kappa shape index (κ3) is 3.38. The molecule has 2 rings (SSSR count). The van der Waals surface area contributed by atoms with Crippen molar-refractivity contribution in [3.05, 3.63) is 70.0 Å². The van der Waals surface area contributed by atoms with Crippen LogP contribution in [0.4, 0.5) is 15.8 Å². The molecule has 0 bridgehead atoms. The smallest absolute Gasteiger partial charge is 0.292 e. The molecule has 1 N–H and O–H groups in total. The van der Waals surface area contributed by atoms with Gasteiger partial charge >= 0.3 is 0 Å². The van der Waals surface area contributed by atoms with Gasteiger partial charge < -0.3 is 5.32 Å². The van der Waals surface area contributed by atoms with Gasteiger partial charge in [0, 0.05) is 6.07 Å². The maximum absolute atomic E-state index is 12.7. The number of carbonyl (C=O) groups excluding carboxylic acids is 1. The summed E-state index contributed by atoms with van der Waals surface area (Å²) in [6.45, 7) is 0. The molecule has 2 aromatic carbocycles. The van der Waals surface area contributed by atoms with Crippen molar-refractivity contribution < 1.29 is 14.1 Å². The number of halogens is 1. The number of benzene rings is 2. The number of amides is 1. The second kappa shape index (κ2) is 5.92. The van der Waals surface area contributed by atoms with E-state index in [2.05, 4.69) is 5.32 Å². The molecule has 0 fully saturated rings. The van der Waals surface area contributed by atoms with Crippen molar-refractivity contribution in [1.29, 1.82) is 0 Å². The minimum Gasteiger partial charge on any atom is -0.320 e. The Kier molecular flexibility index (Phi) is 4.05. The number of nitro groups is 1. The Morgan fingerprint density at radius 2 is 1.80 bits per heavy atom. The summed E-state index contributed by atoms with van der Waals surface area (Å²) in [4.78, 5) is 22.1. The normalized spacial score (nSPS) is 10.1. The molecule has 1 amide bonds. The van der Waals surface area contributed by atoms with E-state index in [1.54, 1.807) is 6.07 Å². The fraction of sp³-hybridized carbons (Fsp3) is 0.0714. The average Bonchev–Trinajstić information content (AvgIpc) is 2.41. The maximum Gasteiger partial charge on any atom is 0.292 e. The molecule has 0 saturated carbocycles. The van der Waals surface area contributed by atoms with Crippen LogP contribution in [0.3, 0.4) is 0 Å². The summed E-state index contributed by atoms with van der Waals surface area (Å²) in [5, 5.41) is 13.3. The van der Waals surface area contributed by atoms with E-state index in [9.17, 15) is 19.3 Å². The predicted molar refractivity (Wildman–Crippen MR) is 71.8 cm³/mol. The second-order valence-corrected chi connectivity index (χ2v) is 4.13. The monoisotopic (exact) mass is 274 g/mol. The van der Waals surface area contributed by atoms with Crippen molar-refractivity contribution in [1.82, 2.24) is 0 Å². The van der Waals surface area contributed by atoms with Gasteiger partial charge in [0.2, 0.25) is 5.91 Å². The lowest BCUT2D eigenvalue weighted by Gasteiger charge is -2.06. The highest BCUT2D eigenvalue weighted by atomic mass is 19.1. The number of rotatable bonds is 4. The number of nitrogens with zero attached hydrogens (tertiary/aromatic N) is 1. The third-order valence-corrected chi connectivity index (χ3v) is 2.65. The van der Waals surface area contributed by atoms with E-state index in [-0.39, 0.29) is 23.6 Å². The van der Waals surface area contributed by atoms with Gasteiger partial charge in [-0.15, -0.1) is 0 Å². The van der Waals surface area contributed by atoms with E-state index < -0.39 is 10.8 Å². The zero-order valence-corrected chi connectivity index (χ0v) is 10.4. The first-order valence-electron chi connectivity index (χ1n) is 5.84. The number of carbonyl (C=O) groups is 1.